The van der Waals surface area contributed by atoms with Gasteiger partial charge in [-0.3, -0.25) is 9.59 Å². The Kier molecular flexibility index (Phi) is 23.5. The molecule has 0 spiro atoms. The van der Waals surface area contributed by atoms with Crippen molar-refractivity contribution >= 4 is 37.1 Å². The first-order valence-corrected chi connectivity index (χ1v) is 14.5. The van der Waals surface area contributed by atoms with Gasteiger partial charge in [-0.15, -0.1) is 0 Å². The van der Waals surface area contributed by atoms with Gasteiger partial charge in [0.2, 0.25) is 12.2 Å². The van der Waals surface area contributed by atoms with Crippen LogP contribution < -0.4 is 16.4 Å². The third-order valence-electron chi connectivity index (χ3n) is 5.29. The largest absolute Gasteiger partial charge is 0.488 e. The van der Waals surface area contributed by atoms with E-state index in [0.29, 0.717) is 77.1 Å². The van der Waals surface area contributed by atoms with Gasteiger partial charge >= 0.3 is 0 Å². The van der Waals surface area contributed by atoms with E-state index >= 15 is 0 Å². The van der Waals surface area contributed by atoms with Crippen LogP contribution in [0.4, 0.5) is 0 Å². The fourth-order valence-corrected chi connectivity index (χ4v) is 3.19. The molecule has 0 saturated carbocycles. The van der Waals surface area contributed by atoms with Crippen molar-refractivity contribution in [1.29, 1.82) is 0 Å². The van der Waals surface area contributed by atoms with Gasteiger partial charge in [0.25, 0.3) is 5.91 Å². The molecule has 0 aromatic carbocycles. The quantitative estimate of drug-likeness (QED) is 0.0263. The number of hydrogen-bond acceptors (Lipinski definition) is 13. The van der Waals surface area contributed by atoms with Gasteiger partial charge in [0.15, 0.2) is 6.61 Å². The zero-order valence-electron chi connectivity index (χ0n) is 23.5. The third-order valence-corrected chi connectivity index (χ3v) is 6.54. The van der Waals surface area contributed by atoms with Crippen molar-refractivity contribution in [2.24, 2.45) is 11.1 Å². The lowest BCUT2D eigenvalue weighted by molar-refractivity contribution is -0.167. The lowest BCUT2D eigenvalue weighted by Gasteiger charge is -2.29. The van der Waals surface area contributed by atoms with Crippen LogP contribution in [-0.2, 0) is 33.3 Å². The number of rotatable bonds is 26. The van der Waals surface area contributed by atoms with Crippen LogP contribution in [0.1, 0.15) is 33.1 Å². The summed E-state index contributed by atoms with van der Waals surface area (Å²) in [4.78, 5) is 23.2. The number of hydrogen-bond donors (Lipinski definition) is 8. The first-order chi connectivity index (χ1) is 19.0. The first-order valence-electron chi connectivity index (χ1n) is 13.2. The number of aliphatic hydroxyl groups excluding tert-OH is 3. The number of carbonyl (C=O) groups is 2. The van der Waals surface area contributed by atoms with E-state index in [1.54, 1.807) is 0 Å². The second kappa shape index (κ2) is 24.3. The minimum Gasteiger partial charge on any atom is -0.488 e. The lowest BCUT2D eigenvalue weighted by atomic mass is 9.87. The minimum atomic E-state index is -1.65. The summed E-state index contributed by atoms with van der Waals surface area (Å²) in [5, 5.41) is 35.2. The highest BCUT2D eigenvalue weighted by Crippen LogP contribution is 2.25. The molecule has 3 unspecified atom stereocenters. The highest BCUT2D eigenvalue weighted by atomic mass is 32.1. The van der Waals surface area contributed by atoms with E-state index in [1.807, 2.05) is 13.8 Å². The van der Waals surface area contributed by atoms with Crippen molar-refractivity contribution in [3.63, 3.8) is 0 Å². The Balaban J connectivity index is 3.57. The molecule has 15 heteroatoms. The SMILES string of the molecule is CC(C)(CS)C[C@@H](O)C(O)C(O)O/C=C\OCC(=O)NCCCOCCOCCOCCCNC(=O)C(N)CS. The molecular formula is C25H49N3O10S2. The van der Waals surface area contributed by atoms with E-state index in [9.17, 15) is 24.9 Å². The molecule has 0 aromatic rings. The molecule has 0 fully saturated rings. The van der Waals surface area contributed by atoms with E-state index in [2.05, 4.69) is 35.9 Å². The molecule has 0 radical (unpaired) electrons. The average molecular weight is 616 g/mol. The smallest absolute Gasteiger partial charge is 0.257 e. The van der Waals surface area contributed by atoms with E-state index in [1.165, 1.54) is 0 Å². The van der Waals surface area contributed by atoms with Crippen LogP contribution in [0.25, 0.3) is 0 Å². The van der Waals surface area contributed by atoms with Gasteiger partial charge in [-0.05, 0) is 30.4 Å². The van der Waals surface area contributed by atoms with Crippen LogP contribution in [0.3, 0.4) is 0 Å². The molecule has 0 heterocycles. The molecule has 0 aliphatic heterocycles. The van der Waals surface area contributed by atoms with Crippen molar-refractivity contribution in [2.75, 3.05) is 70.8 Å². The van der Waals surface area contributed by atoms with Crippen LogP contribution in [-0.4, -0.2) is 123 Å². The van der Waals surface area contributed by atoms with E-state index in [4.69, 9.17) is 29.4 Å². The van der Waals surface area contributed by atoms with Crippen molar-refractivity contribution in [3.8, 4) is 0 Å². The van der Waals surface area contributed by atoms with Gasteiger partial charge in [0.05, 0.1) is 38.6 Å². The molecule has 0 aliphatic carbocycles. The number of nitrogens with one attached hydrogen (secondary N) is 2. The Morgan fingerprint density at radius 3 is 2.00 bits per heavy atom. The number of nitrogens with two attached hydrogens (primary N) is 1. The number of thiol groups is 2. The van der Waals surface area contributed by atoms with Gasteiger partial charge in [-0.25, -0.2) is 0 Å². The molecule has 0 aromatic heterocycles. The topological polar surface area (TPSA) is 191 Å². The normalized spacial score (nSPS) is 14.9. The predicted octanol–water partition coefficient (Wildman–Crippen LogP) is -0.803. The third kappa shape index (κ3) is 21.4. The summed E-state index contributed by atoms with van der Waals surface area (Å²) in [6, 6.07) is -0.596. The minimum absolute atomic E-state index is 0.219. The molecular weight excluding hydrogens is 566 g/mol. The van der Waals surface area contributed by atoms with Crippen molar-refractivity contribution < 1.29 is 48.6 Å². The molecule has 0 aliphatic rings. The van der Waals surface area contributed by atoms with Crippen molar-refractivity contribution in [3.05, 3.63) is 12.5 Å². The maximum atomic E-state index is 11.7. The van der Waals surface area contributed by atoms with E-state index in [0.717, 1.165) is 12.5 Å². The number of amides is 2. The molecule has 236 valence electrons. The Labute approximate surface area is 248 Å². The maximum Gasteiger partial charge on any atom is 0.257 e. The molecule has 40 heavy (non-hydrogen) atoms. The second-order valence-corrected chi connectivity index (χ2v) is 10.3. The fraction of sp³-hybridized carbons (Fsp3) is 0.840. The summed E-state index contributed by atoms with van der Waals surface area (Å²) in [6.07, 6.45) is -0.785. The average Bonchev–Trinajstić information content (AvgIpc) is 2.93. The Bertz CT molecular complexity index is 691. The van der Waals surface area contributed by atoms with E-state index in [-0.39, 0.29) is 30.3 Å². The zero-order valence-corrected chi connectivity index (χ0v) is 25.3. The van der Waals surface area contributed by atoms with Gasteiger partial charge in [0, 0.05) is 32.1 Å². The summed E-state index contributed by atoms with van der Waals surface area (Å²) in [5.74, 6) is 0.241. The van der Waals surface area contributed by atoms with Crippen LogP contribution in [0, 0.1) is 5.41 Å². The summed E-state index contributed by atoms with van der Waals surface area (Å²) in [7, 11) is 0. The van der Waals surface area contributed by atoms with Crippen LogP contribution in [0.15, 0.2) is 12.5 Å². The zero-order chi connectivity index (χ0) is 30.2. The Hall–Kier alpha value is -1.30. The summed E-state index contributed by atoms with van der Waals surface area (Å²) >= 11 is 8.16. The summed E-state index contributed by atoms with van der Waals surface area (Å²) in [5.41, 5.74) is 5.23. The number of ether oxygens (including phenoxy) is 5. The van der Waals surface area contributed by atoms with Crippen LogP contribution in [0.5, 0.6) is 0 Å². The maximum absolute atomic E-state index is 11.7. The molecule has 0 bridgehead atoms. The van der Waals surface area contributed by atoms with Gasteiger partial charge in [-0.1, -0.05) is 13.8 Å². The molecule has 0 saturated heterocycles. The summed E-state index contributed by atoms with van der Waals surface area (Å²) in [6.45, 7) is 7.09. The molecule has 2 amide bonds. The van der Waals surface area contributed by atoms with Crippen LogP contribution in [0.2, 0.25) is 0 Å². The van der Waals surface area contributed by atoms with Crippen LogP contribution >= 0.6 is 25.3 Å². The standard InChI is InChI=1S/C25H49N3O10S2/c1-25(2,18-40)15-20(29)22(31)24(33)38-14-13-37-16-21(30)27-5-3-7-34-9-11-36-12-10-35-8-4-6-28-23(32)19(26)17-39/h13-14,19-20,22,24,29,31,33,39-40H,3-12,15-18,26H2,1-2H3,(H,27,30)(H,28,32)/b14-13-/t19?,20-,22?,24?/m1/s1. The fourth-order valence-electron chi connectivity index (χ4n) is 2.89. The number of carbonyl (C=O) groups excluding carboxylic acids is 2. The number of aliphatic hydroxyl groups is 3. The molecule has 0 rings (SSSR count). The Morgan fingerprint density at radius 2 is 1.45 bits per heavy atom. The first kappa shape index (κ1) is 38.7. The Morgan fingerprint density at radius 1 is 0.900 bits per heavy atom. The lowest BCUT2D eigenvalue weighted by Crippen LogP contribution is -2.42. The van der Waals surface area contributed by atoms with Crippen molar-refractivity contribution in [2.45, 2.75) is 57.6 Å². The van der Waals surface area contributed by atoms with Gasteiger partial charge in [0.1, 0.15) is 18.6 Å². The van der Waals surface area contributed by atoms with Crippen molar-refractivity contribution in [1.82, 2.24) is 10.6 Å². The predicted molar refractivity (Wildman–Crippen MR) is 156 cm³/mol. The molecule has 7 N–H and O–H groups in total. The summed E-state index contributed by atoms with van der Waals surface area (Å²) < 4.78 is 26.2. The van der Waals surface area contributed by atoms with Gasteiger partial charge < -0.3 is 55.4 Å². The van der Waals surface area contributed by atoms with E-state index < -0.39 is 24.5 Å². The van der Waals surface area contributed by atoms with Gasteiger partial charge in [-0.2, -0.15) is 25.3 Å². The second-order valence-electron chi connectivity index (χ2n) is 9.67. The molecule has 4 atom stereocenters. The molecule has 13 nitrogen and oxygen atoms in total. The monoisotopic (exact) mass is 615 g/mol. The highest BCUT2D eigenvalue weighted by molar-refractivity contribution is 7.80. The highest BCUT2D eigenvalue weighted by Gasteiger charge is 2.30.